The van der Waals surface area contributed by atoms with E-state index in [2.05, 4.69) is 100 Å². The van der Waals surface area contributed by atoms with Gasteiger partial charge in [0.1, 0.15) is 11.8 Å². The standard InChI is InChI=1S/C53H61N5O3/c1-35-9-18-49(52(61)54-35)58-36(2)47-32-40-19-25-57(26-20-41(40)33-48(47)37(58)3)50(60)34-55-27-21-53(22-28-55)23-29-56(30-24-53)43-13-10-39(11-14-43)51-45(38-7-5-4-6-8-38)16-12-42-31-44(59)15-17-46(42)51/h5,7-8,10-11,13-15,17,31-33,45,49,51,59H,1-4,6,9,12,16,18-30,34H2,(H,54,61). The molecule has 6 aliphatic rings. The summed E-state index contributed by atoms with van der Waals surface area (Å²) in [7, 11) is 0. The number of aromatic nitrogens is 1. The maximum atomic E-state index is 13.8. The van der Waals surface area contributed by atoms with Crippen LogP contribution in [0, 0.1) is 11.3 Å². The molecule has 1 spiro atoms. The summed E-state index contributed by atoms with van der Waals surface area (Å²) < 4.78 is 2.01. The summed E-state index contributed by atoms with van der Waals surface area (Å²) >= 11 is 0. The highest BCUT2D eigenvalue weighted by molar-refractivity contribution is 5.88. The number of likely N-dealkylation sites (tertiary alicyclic amines) is 1. The average molecular weight is 816 g/mol. The van der Waals surface area contributed by atoms with Crippen LogP contribution in [0.15, 0.2) is 90.7 Å². The fraction of sp³-hybridized carbons (Fsp3) is 0.434. The second-order valence-electron chi connectivity index (χ2n) is 19.0. The fourth-order valence-electron chi connectivity index (χ4n) is 11.9. The van der Waals surface area contributed by atoms with Crippen molar-refractivity contribution in [3.05, 3.63) is 129 Å². The van der Waals surface area contributed by atoms with Crippen LogP contribution in [0.3, 0.4) is 0 Å². The van der Waals surface area contributed by atoms with Crippen LogP contribution in [-0.4, -0.2) is 77.1 Å². The summed E-state index contributed by atoms with van der Waals surface area (Å²) in [5.74, 6) is 1.31. The molecular formula is C53H61N5O3. The average Bonchev–Trinajstić information content (AvgIpc) is 3.38. The van der Waals surface area contributed by atoms with Gasteiger partial charge >= 0.3 is 0 Å². The van der Waals surface area contributed by atoms with Gasteiger partial charge in [0.05, 0.1) is 6.54 Å². The van der Waals surface area contributed by atoms with E-state index in [1.807, 2.05) is 16.7 Å². The molecule has 3 unspecified atom stereocenters. The van der Waals surface area contributed by atoms with Crippen molar-refractivity contribution in [3.8, 4) is 5.75 Å². The van der Waals surface area contributed by atoms with E-state index in [4.69, 9.17) is 0 Å². The molecule has 5 heterocycles. The number of nitrogens with one attached hydrogen (secondary N) is 1. The molecule has 3 aromatic carbocycles. The van der Waals surface area contributed by atoms with Crippen molar-refractivity contribution in [1.82, 2.24) is 19.7 Å². The Morgan fingerprint density at radius 2 is 1.46 bits per heavy atom. The first kappa shape index (κ1) is 39.8. The highest BCUT2D eigenvalue weighted by atomic mass is 16.3. The van der Waals surface area contributed by atoms with Crippen LogP contribution in [0.5, 0.6) is 5.75 Å². The molecule has 4 aromatic rings. The van der Waals surface area contributed by atoms with E-state index in [-0.39, 0.29) is 17.9 Å². The number of carbonyl (C=O) groups excluding carboxylic acids is 2. The molecule has 0 radical (unpaired) electrons. The molecule has 3 fully saturated rings. The van der Waals surface area contributed by atoms with E-state index in [1.165, 1.54) is 51.9 Å². The second-order valence-corrected chi connectivity index (χ2v) is 19.0. The van der Waals surface area contributed by atoms with Crippen LogP contribution in [0.2, 0.25) is 0 Å². The summed E-state index contributed by atoms with van der Waals surface area (Å²) in [5, 5.41) is 17.0. The minimum atomic E-state index is -0.327. The Balaban J connectivity index is 0.733. The smallest absolute Gasteiger partial charge is 0.247 e. The van der Waals surface area contributed by atoms with Gasteiger partial charge in [0.2, 0.25) is 11.8 Å². The molecule has 1 aromatic heterocycles. The molecule has 8 heteroatoms. The lowest BCUT2D eigenvalue weighted by atomic mass is 9.68. The van der Waals surface area contributed by atoms with Gasteiger partial charge in [0.15, 0.2) is 0 Å². The predicted molar refractivity (Wildman–Crippen MR) is 246 cm³/mol. The molecule has 0 saturated carbocycles. The minimum Gasteiger partial charge on any atom is -0.508 e. The summed E-state index contributed by atoms with van der Waals surface area (Å²) in [6.07, 6.45) is 19.3. The van der Waals surface area contributed by atoms with Gasteiger partial charge < -0.3 is 24.8 Å². The maximum absolute atomic E-state index is 13.8. The van der Waals surface area contributed by atoms with E-state index < -0.39 is 0 Å². The van der Waals surface area contributed by atoms with Gasteiger partial charge in [-0.2, -0.15) is 0 Å². The van der Waals surface area contributed by atoms with Crippen molar-refractivity contribution in [1.29, 1.82) is 0 Å². The maximum Gasteiger partial charge on any atom is 0.247 e. The zero-order valence-corrected chi connectivity index (χ0v) is 35.8. The zero-order valence-electron chi connectivity index (χ0n) is 35.8. The van der Waals surface area contributed by atoms with E-state index in [9.17, 15) is 14.7 Å². The van der Waals surface area contributed by atoms with E-state index in [1.54, 1.807) is 0 Å². The number of aromatic hydroxyl groups is 1. The molecule has 3 atom stereocenters. The molecule has 61 heavy (non-hydrogen) atoms. The number of hydrogen-bond acceptors (Lipinski definition) is 5. The number of fused-ring (bicyclic) bond motifs is 3. The third-order valence-electron chi connectivity index (χ3n) is 15.6. The number of hydrogen-bond donors (Lipinski definition) is 2. The van der Waals surface area contributed by atoms with Crippen molar-refractivity contribution in [2.45, 2.75) is 89.0 Å². The number of nitrogens with zero attached hydrogens (tertiary/aromatic N) is 4. The van der Waals surface area contributed by atoms with Crippen LogP contribution in [0.1, 0.15) is 97.6 Å². The predicted octanol–water partition coefficient (Wildman–Crippen LogP) is 7.41. The lowest BCUT2D eigenvalue weighted by molar-refractivity contribution is -0.133. The van der Waals surface area contributed by atoms with Crippen LogP contribution >= 0.6 is 0 Å². The fourth-order valence-corrected chi connectivity index (χ4v) is 11.9. The molecule has 0 bridgehead atoms. The van der Waals surface area contributed by atoms with Crippen LogP contribution in [0.4, 0.5) is 5.69 Å². The van der Waals surface area contributed by atoms with Crippen molar-refractivity contribution in [3.63, 3.8) is 0 Å². The Bertz CT molecular complexity index is 2490. The monoisotopic (exact) mass is 815 g/mol. The van der Waals surface area contributed by atoms with Gasteiger partial charge in [-0.25, -0.2) is 0 Å². The highest BCUT2D eigenvalue weighted by Gasteiger charge is 2.39. The van der Waals surface area contributed by atoms with Gasteiger partial charge in [-0.3, -0.25) is 14.5 Å². The van der Waals surface area contributed by atoms with Gasteiger partial charge in [-0.05, 0) is 171 Å². The number of phenols is 1. The third kappa shape index (κ3) is 7.55. The molecule has 4 aliphatic heterocycles. The number of benzene rings is 3. The minimum absolute atomic E-state index is 0.0429. The summed E-state index contributed by atoms with van der Waals surface area (Å²) in [6, 6.07) is 19.6. The normalized spacial score (nSPS) is 24.3. The quantitative estimate of drug-likeness (QED) is 0.212. The molecule has 316 valence electrons. The Hall–Kier alpha value is -5.34. The number of anilines is 1. The Morgan fingerprint density at radius 3 is 2.11 bits per heavy atom. The molecule has 10 rings (SSSR count). The number of piperidine rings is 3. The lowest BCUT2D eigenvalue weighted by Crippen LogP contribution is -2.49. The Labute approximate surface area is 360 Å². The SMILES string of the molecule is C=C1CCC(n2c(=C)c3cc4c(cc3c2=C)CCN(C(=O)CN2CCC3(CC2)CCN(c2ccc(C5c6ccc(O)cc6CCC5C5=CCCC=C5)cc2)CC3)CC4)C(=O)N1. The number of carbonyl (C=O) groups is 2. The van der Waals surface area contributed by atoms with Crippen LogP contribution in [0.25, 0.3) is 23.9 Å². The molecular weight excluding hydrogens is 755 g/mol. The molecule has 2 aliphatic carbocycles. The van der Waals surface area contributed by atoms with Gasteiger partial charge in [0.25, 0.3) is 0 Å². The number of amides is 2. The van der Waals surface area contributed by atoms with E-state index in [0.29, 0.717) is 36.0 Å². The largest absolute Gasteiger partial charge is 0.508 e. The summed E-state index contributed by atoms with van der Waals surface area (Å²) in [4.78, 5) is 33.8. The van der Waals surface area contributed by atoms with Gasteiger partial charge in [-0.15, -0.1) is 0 Å². The van der Waals surface area contributed by atoms with Crippen LogP contribution in [-0.2, 0) is 28.9 Å². The first-order valence-electron chi connectivity index (χ1n) is 23.0. The molecule has 2 amide bonds. The van der Waals surface area contributed by atoms with Crippen molar-refractivity contribution in [2.24, 2.45) is 11.3 Å². The van der Waals surface area contributed by atoms with Gasteiger partial charge in [-0.1, -0.05) is 56.2 Å². The number of aryl methyl sites for hydroxylation is 1. The first-order chi connectivity index (χ1) is 29.6. The molecule has 3 saturated heterocycles. The summed E-state index contributed by atoms with van der Waals surface area (Å²) in [6.45, 7) is 18.8. The third-order valence-corrected chi connectivity index (χ3v) is 15.6. The van der Waals surface area contributed by atoms with E-state index in [0.717, 1.165) is 124 Å². The number of phenolic OH excluding ortho intramolecular Hbond substituents is 1. The van der Waals surface area contributed by atoms with Crippen molar-refractivity contribution >= 4 is 41.4 Å². The number of rotatable bonds is 6. The van der Waals surface area contributed by atoms with E-state index >= 15 is 0 Å². The first-order valence-corrected chi connectivity index (χ1v) is 23.0. The highest BCUT2D eigenvalue weighted by Crippen LogP contribution is 2.47. The Morgan fingerprint density at radius 1 is 0.770 bits per heavy atom. The zero-order chi connectivity index (χ0) is 41.8. The second kappa shape index (κ2) is 16.2. The number of allylic oxidation sites excluding steroid dienone is 5. The van der Waals surface area contributed by atoms with Crippen LogP contribution < -0.4 is 20.9 Å². The van der Waals surface area contributed by atoms with Crippen molar-refractivity contribution in [2.75, 3.05) is 50.7 Å². The topological polar surface area (TPSA) is 81.1 Å². The Kier molecular flexibility index (Phi) is 10.5. The summed E-state index contributed by atoms with van der Waals surface area (Å²) in [5.41, 5.74) is 10.5. The van der Waals surface area contributed by atoms with Crippen molar-refractivity contribution < 1.29 is 14.7 Å². The molecule has 8 nitrogen and oxygen atoms in total. The molecule has 2 N–H and O–H groups in total. The van der Waals surface area contributed by atoms with Gasteiger partial charge in [0, 0.05) is 65.0 Å². The lowest BCUT2D eigenvalue weighted by Gasteiger charge is -2.47.